The molecule has 4 aromatic rings. The number of rotatable bonds is 7. The molecule has 0 saturated heterocycles. The Morgan fingerprint density at radius 3 is 2.59 bits per heavy atom. The molecule has 1 amide bonds. The quantitative estimate of drug-likeness (QED) is 0.396. The lowest BCUT2D eigenvalue weighted by molar-refractivity contribution is 0.102. The van der Waals surface area contributed by atoms with Gasteiger partial charge in [0.25, 0.3) is 15.9 Å². The van der Waals surface area contributed by atoms with Crippen molar-refractivity contribution in [2.45, 2.75) is 11.8 Å². The van der Waals surface area contributed by atoms with Gasteiger partial charge in [0.05, 0.1) is 27.4 Å². The number of sulfonamides is 1. The summed E-state index contributed by atoms with van der Waals surface area (Å²) in [4.78, 5) is 12.8. The molecule has 32 heavy (non-hydrogen) atoms. The van der Waals surface area contributed by atoms with Crippen LogP contribution in [0.3, 0.4) is 0 Å². The van der Waals surface area contributed by atoms with E-state index < -0.39 is 15.9 Å². The Morgan fingerprint density at radius 1 is 1.12 bits per heavy atom. The molecule has 2 heterocycles. The monoisotopic (exact) mass is 488 g/mol. The molecule has 0 atom stereocenters. The number of aromatic nitrogens is 2. The molecule has 0 aliphatic rings. The molecule has 8 nitrogen and oxygen atoms in total. The van der Waals surface area contributed by atoms with Gasteiger partial charge in [0.15, 0.2) is 10.8 Å². The van der Waals surface area contributed by atoms with Gasteiger partial charge in [0.2, 0.25) is 5.13 Å². The van der Waals surface area contributed by atoms with Crippen molar-refractivity contribution in [3.05, 3.63) is 77.5 Å². The van der Waals surface area contributed by atoms with Crippen LogP contribution in [-0.2, 0) is 10.0 Å². The summed E-state index contributed by atoms with van der Waals surface area (Å²) in [6, 6.07) is 16.2. The molecular weight excluding hydrogens is 472 g/mol. The number of nitrogens with zero attached hydrogens (tertiary/aromatic N) is 3. The van der Waals surface area contributed by atoms with E-state index >= 15 is 0 Å². The molecule has 0 fully saturated rings. The van der Waals surface area contributed by atoms with Crippen molar-refractivity contribution in [3.8, 4) is 10.8 Å². The molecule has 4 rings (SSSR count). The standard InChI is InChI=1S/C21H17ClN4O4S2/c1-2-26(14-7-4-3-5-8-14)32(28,29)15-10-11-17(22)16(13-15)19(27)23-21-25-24-20(31-21)18-9-6-12-30-18/h3-13H,2H2,1H3,(H,23,25,27). The number of benzene rings is 2. The van der Waals surface area contributed by atoms with Gasteiger partial charge in [-0.15, -0.1) is 10.2 Å². The van der Waals surface area contributed by atoms with Gasteiger partial charge in [-0.3, -0.25) is 14.4 Å². The van der Waals surface area contributed by atoms with Gasteiger partial charge in [-0.05, 0) is 49.4 Å². The zero-order chi connectivity index (χ0) is 22.7. The Hall–Kier alpha value is -3.21. The number of nitrogens with one attached hydrogen (secondary N) is 1. The lowest BCUT2D eigenvalue weighted by Crippen LogP contribution is -2.31. The fourth-order valence-electron chi connectivity index (χ4n) is 2.99. The van der Waals surface area contributed by atoms with Crippen LogP contribution >= 0.6 is 22.9 Å². The first-order valence-corrected chi connectivity index (χ1v) is 12.1. The van der Waals surface area contributed by atoms with Crippen molar-refractivity contribution < 1.29 is 17.6 Å². The Morgan fingerprint density at radius 2 is 1.91 bits per heavy atom. The van der Waals surface area contributed by atoms with Gasteiger partial charge < -0.3 is 4.42 Å². The zero-order valence-corrected chi connectivity index (χ0v) is 19.1. The van der Waals surface area contributed by atoms with Crippen LogP contribution in [0, 0.1) is 0 Å². The topological polar surface area (TPSA) is 105 Å². The maximum Gasteiger partial charge on any atom is 0.264 e. The summed E-state index contributed by atoms with van der Waals surface area (Å²) < 4.78 is 33.1. The molecule has 0 unspecified atom stereocenters. The third-order valence-electron chi connectivity index (χ3n) is 4.48. The van der Waals surface area contributed by atoms with Gasteiger partial charge in [-0.2, -0.15) is 0 Å². The molecule has 164 valence electrons. The van der Waals surface area contributed by atoms with Crippen LogP contribution < -0.4 is 9.62 Å². The Labute approximate surface area is 193 Å². The van der Waals surface area contributed by atoms with Gasteiger partial charge in [0.1, 0.15) is 0 Å². The summed E-state index contributed by atoms with van der Waals surface area (Å²) in [6.45, 7) is 1.96. The number of furan rings is 1. The first kappa shape index (κ1) is 22.0. The lowest BCUT2D eigenvalue weighted by Gasteiger charge is -2.23. The third kappa shape index (κ3) is 4.38. The summed E-state index contributed by atoms with van der Waals surface area (Å²) in [5.41, 5.74) is 0.530. The van der Waals surface area contributed by atoms with E-state index in [4.69, 9.17) is 16.0 Å². The van der Waals surface area contributed by atoms with E-state index in [-0.39, 0.29) is 27.2 Å². The lowest BCUT2D eigenvalue weighted by atomic mass is 10.2. The van der Waals surface area contributed by atoms with Crippen LogP contribution in [0.5, 0.6) is 0 Å². The van der Waals surface area contributed by atoms with E-state index in [2.05, 4.69) is 15.5 Å². The molecular formula is C21H17ClN4O4S2. The molecule has 2 aromatic carbocycles. The van der Waals surface area contributed by atoms with E-state index in [0.717, 1.165) is 11.3 Å². The second kappa shape index (κ2) is 9.11. The summed E-state index contributed by atoms with van der Waals surface area (Å²) >= 11 is 7.32. The highest BCUT2D eigenvalue weighted by molar-refractivity contribution is 7.92. The molecule has 0 aliphatic carbocycles. The highest BCUT2D eigenvalue weighted by Gasteiger charge is 2.26. The summed E-state index contributed by atoms with van der Waals surface area (Å²) in [5, 5.41) is 11.3. The number of anilines is 2. The number of amides is 1. The molecule has 2 aromatic heterocycles. The number of carbonyl (C=O) groups excluding carboxylic acids is 1. The van der Waals surface area contributed by atoms with E-state index in [1.165, 1.54) is 28.8 Å². The minimum atomic E-state index is -3.92. The fourth-order valence-corrected chi connectivity index (χ4v) is 5.40. The predicted molar refractivity (Wildman–Crippen MR) is 124 cm³/mol. The van der Waals surface area contributed by atoms with Crippen molar-refractivity contribution in [3.63, 3.8) is 0 Å². The van der Waals surface area contributed by atoms with Crippen molar-refractivity contribution in [2.24, 2.45) is 0 Å². The third-order valence-corrected chi connectivity index (χ3v) is 7.56. The SMILES string of the molecule is CCN(c1ccccc1)S(=O)(=O)c1ccc(Cl)c(C(=O)Nc2nnc(-c3ccco3)s2)c1. The Bertz CT molecular complexity index is 1340. The van der Waals surface area contributed by atoms with Gasteiger partial charge in [0, 0.05) is 6.54 Å². The van der Waals surface area contributed by atoms with E-state index in [1.807, 2.05) is 0 Å². The number of para-hydroxylation sites is 1. The zero-order valence-electron chi connectivity index (χ0n) is 16.7. The van der Waals surface area contributed by atoms with Gasteiger partial charge in [-0.1, -0.05) is 41.1 Å². The highest BCUT2D eigenvalue weighted by Crippen LogP contribution is 2.29. The summed E-state index contributed by atoms with van der Waals surface area (Å²) in [5.74, 6) is -0.0772. The molecule has 0 radical (unpaired) electrons. The van der Waals surface area contributed by atoms with Crippen LogP contribution in [0.15, 0.2) is 76.2 Å². The smallest absolute Gasteiger partial charge is 0.264 e. The summed E-state index contributed by atoms with van der Waals surface area (Å²) in [6.07, 6.45) is 1.51. The predicted octanol–water partition coefficient (Wildman–Crippen LogP) is 4.92. The molecule has 0 aliphatic heterocycles. The van der Waals surface area contributed by atoms with Crippen LogP contribution in [0.4, 0.5) is 10.8 Å². The number of carbonyl (C=O) groups is 1. The van der Waals surface area contributed by atoms with Crippen molar-refractivity contribution >= 4 is 49.7 Å². The Kier molecular flexibility index (Phi) is 6.26. The van der Waals surface area contributed by atoms with Crippen molar-refractivity contribution in [2.75, 3.05) is 16.2 Å². The molecule has 0 bridgehead atoms. The molecule has 1 N–H and O–H groups in total. The Balaban J connectivity index is 1.61. The minimum Gasteiger partial charge on any atom is -0.462 e. The highest BCUT2D eigenvalue weighted by atomic mass is 35.5. The second-order valence-corrected chi connectivity index (χ2v) is 9.74. The van der Waals surface area contributed by atoms with E-state index in [0.29, 0.717) is 16.5 Å². The van der Waals surface area contributed by atoms with Crippen LogP contribution in [-0.4, -0.2) is 31.1 Å². The van der Waals surface area contributed by atoms with Crippen LogP contribution in [0.1, 0.15) is 17.3 Å². The van der Waals surface area contributed by atoms with Crippen LogP contribution in [0.2, 0.25) is 5.02 Å². The summed E-state index contributed by atoms with van der Waals surface area (Å²) in [7, 11) is -3.92. The second-order valence-electron chi connectivity index (χ2n) is 6.49. The van der Waals surface area contributed by atoms with E-state index in [1.54, 1.807) is 49.4 Å². The molecule has 0 saturated carbocycles. The molecule has 11 heteroatoms. The van der Waals surface area contributed by atoms with Crippen molar-refractivity contribution in [1.82, 2.24) is 10.2 Å². The normalized spacial score (nSPS) is 11.3. The van der Waals surface area contributed by atoms with Crippen molar-refractivity contribution in [1.29, 1.82) is 0 Å². The van der Waals surface area contributed by atoms with E-state index in [9.17, 15) is 13.2 Å². The maximum atomic E-state index is 13.3. The molecule has 0 spiro atoms. The minimum absolute atomic E-state index is 0.00612. The largest absolute Gasteiger partial charge is 0.462 e. The maximum absolute atomic E-state index is 13.3. The average molecular weight is 489 g/mol. The van der Waals surface area contributed by atoms with Gasteiger partial charge in [-0.25, -0.2) is 8.42 Å². The fraction of sp³-hybridized carbons (Fsp3) is 0.0952. The average Bonchev–Trinajstić information content (AvgIpc) is 3.47. The van der Waals surface area contributed by atoms with Crippen LogP contribution in [0.25, 0.3) is 10.8 Å². The first-order chi connectivity index (χ1) is 15.4. The van der Waals surface area contributed by atoms with Gasteiger partial charge >= 0.3 is 0 Å². The number of hydrogen-bond acceptors (Lipinski definition) is 7. The first-order valence-electron chi connectivity index (χ1n) is 9.46. The number of halogens is 1. The number of hydrogen-bond donors (Lipinski definition) is 1.